The lowest BCUT2D eigenvalue weighted by atomic mass is 10.1. The minimum atomic E-state index is -0.335. The monoisotopic (exact) mass is 261 g/mol. The van der Waals surface area contributed by atoms with Crippen LogP contribution in [0.2, 0.25) is 0 Å². The van der Waals surface area contributed by atoms with E-state index in [0.717, 1.165) is 12.1 Å². The Morgan fingerprint density at radius 3 is 2.58 bits per heavy atom. The highest BCUT2D eigenvalue weighted by molar-refractivity contribution is 5.99. The van der Waals surface area contributed by atoms with Gasteiger partial charge in [0.2, 0.25) is 5.91 Å². The van der Waals surface area contributed by atoms with Gasteiger partial charge in [-0.15, -0.1) is 0 Å². The van der Waals surface area contributed by atoms with E-state index in [0.29, 0.717) is 13.2 Å². The van der Waals surface area contributed by atoms with E-state index in [1.807, 2.05) is 24.3 Å². The lowest BCUT2D eigenvalue weighted by Gasteiger charge is -2.16. The quantitative estimate of drug-likeness (QED) is 0.780. The van der Waals surface area contributed by atoms with Gasteiger partial charge in [-0.1, -0.05) is 19.1 Å². The summed E-state index contributed by atoms with van der Waals surface area (Å²) in [6.07, 6.45) is 1.22. The minimum Gasteiger partial charge on any atom is -0.466 e. The van der Waals surface area contributed by atoms with Crippen LogP contribution in [0.5, 0.6) is 0 Å². The van der Waals surface area contributed by atoms with Crippen molar-refractivity contribution in [1.82, 2.24) is 0 Å². The molecule has 1 amide bonds. The zero-order valence-corrected chi connectivity index (χ0v) is 11.4. The summed E-state index contributed by atoms with van der Waals surface area (Å²) in [5.41, 5.74) is 2.09. The predicted octanol–water partition coefficient (Wildman–Crippen LogP) is 2.17. The van der Waals surface area contributed by atoms with Crippen LogP contribution in [0, 0.1) is 5.92 Å². The molecule has 1 aromatic carbocycles. The lowest BCUT2D eigenvalue weighted by Crippen LogP contribution is -2.26. The number of rotatable bonds is 4. The Balaban J connectivity index is 2.08. The van der Waals surface area contributed by atoms with Crippen molar-refractivity contribution < 1.29 is 14.3 Å². The van der Waals surface area contributed by atoms with Gasteiger partial charge in [-0.3, -0.25) is 9.59 Å². The number of ether oxygens (including phenoxy) is 1. The van der Waals surface area contributed by atoms with Crippen molar-refractivity contribution >= 4 is 17.6 Å². The topological polar surface area (TPSA) is 46.6 Å². The maximum atomic E-state index is 12.0. The SMILES string of the molecule is CCOC(=O)C1CC(=O)N(c2ccc(CC)cc2)C1. The van der Waals surface area contributed by atoms with Crippen LogP contribution in [0.1, 0.15) is 25.8 Å². The predicted molar refractivity (Wildman–Crippen MR) is 72.9 cm³/mol. The van der Waals surface area contributed by atoms with Crippen LogP contribution in [-0.2, 0) is 20.7 Å². The van der Waals surface area contributed by atoms with Gasteiger partial charge in [-0.2, -0.15) is 0 Å². The van der Waals surface area contributed by atoms with Crippen LogP contribution in [-0.4, -0.2) is 25.0 Å². The molecule has 1 unspecified atom stereocenters. The summed E-state index contributed by atoms with van der Waals surface area (Å²) in [7, 11) is 0. The smallest absolute Gasteiger partial charge is 0.311 e. The van der Waals surface area contributed by atoms with Crippen molar-refractivity contribution in [2.45, 2.75) is 26.7 Å². The van der Waals surface area contributed by atoms with E-state index in [1.54, 1.807) is 11.8 Å². The Morgan fingerprint density at radius 1 is 1.32 bits per heavy atom. The van der Waals surface area contributed by atoms with E-state index < -0.39 is 0 Å². The van der Waals surface area contributed by atoms with Gasteiger partial charge in [0.05, 0.1) is 12.5 Å². The molecule has 0 radical (unpaired) electrons. The molecular formula is C15H19NO3. The van der Waals surface area contributed by atoms with Gasteiger partial charge in [0.1, 0.15) is 0 Å². The Labute approximate surface area is 113 Å². The summed E-state index contributed by atoms with van der Waals surface area (Å²) in [4.78, 5) is 25.3. The molecule has 4 heteroatoms. The molecule has 0 spiro atoms. The average molecular weight is 261 g/mol. The average Bonchev–Trinajstić information content (AvgIpc) is 2.81. The minimum absolute atomic E-state index is 0.0118. The van der Waals surface area contributed by atoms with E-state index in [1.165, 1.54) is 5.56 Å². The number of anilines is 1. The molecule has 1 saturated heterocycles. The second kappa shape index (κ2) is 5.87. The van der Waals surface area contributed by atoms with E-state index in [9.17, 15) is 9.59 Å². The van der Waals surface area contributed by atoms with Gasteiger partial charge in [-0.05, 0) is 31.0 Å². The van der Waals surface area contributed by atoms with Crippen molar-refractivity contribution in [3.05, 3.63) is 29.8 Å². The van der Waals surface area contributed by atoms with Gasteiger partial charge in [0.15, 0.2) is 0 Å². The summed E-state index contributed by atoms with van der Waals surface area (Å²) in [6, 6.07) is 7.90. The number of benzene rings is 1. The second-order valence-corrected chi connectivity index (χ2v) is 4.68. The van der Waals surface area contributed by atoms with E-state index in [-0.39, 0.29) is 24.2 Å². The molecule has 1 fully saturated rings. The van der Waals surface area contributed by atoms with Gasteiger partial charge < -0.3 is 9.64 Å². The standard InChI is InChI=1S/C15H19NO3/c1-3-11-5-7-13(8-6-11)16-10-12(9-14(16)17)15(18)19-4-2/h5-8,12H,3-4,9-10H2,1-2H3. The van der Waals surface area contributed by atoms with Crippen LogP contribution < -0.4 is 4.90 Å². The van der Waals surface area contributed by atoms with Crippen LogP contribution >= 0.6 is 0 Å². The fraction of sp³-hybridized carbons (Fsp3) is 0.467. The summed E-state index contributed by atoms with van der Waals surface area (Å²) in [5, 5.41) is 0. The zero-order valence-electron chi connectivity index (χ0n) is 11.4. The first kappa shape index (κ1) is 13.6. The number of hydrogen-bond acceptors (Lipinski definition) is 3. The van der Waals surface area contributed by atoms with Crippen molar-refractivity contribution in [2.24, 2.45) is 5.92 Å². The third kappa shape index (κ3) is 2.95. The zero-order chi connectivity index (χ0) is 13.8. The van der Waals surface area contributed by atoms with Gasteiger partial charge >= 0.3 is 5.97 Å². The second-order valence-electron chi connectivity index (χ2n) is 4.68. The molecule has 4 nitrogen and oxygen atoms in total. The summed E-state index contributed by atoms with van der Waals surface area (Å²) in [6.45, 7) is 4.64. The van der Waals surface area contributed by atoms with Crippen LogP contribution in [0.25, 0.3) is 0 Å². The number of carbonyl (C=O) groups excluding carboxylic acids is 2. The van der Waals surface area contributed by atoms with Crippen LogP contribution in [0.3, 0.4) is 0 Å². The largest absolute Gasteiger partial charge is 0.466 e. The molecule has 1 aliphatic rings. The first-order valence-corrected chi connectivity index (χ1v) is 6.71. The summed E-state index contributed by atoms with van der Waals surface area (Å²) < 4.78 is 4.98. The molecule has 2 rings (SSSR count). The van der Waals surface area contributed by atoms with Crippen molar-refractivity contribution in [1.29, 1.82) is 0 Å². The highest BCUT2D eigenvalue weighted by Gasteiger charge is 2.35. The third-order valence-electron chi connectivity index (χ3n) is 3.40. The Hall–Kier alpha value is -1.84. The molecule has 19 heavy (non-hydrogen) atoms. The van der Waals surface area contributed by atoms with E-state index >= 15 is 0 Å². The van der Waals surface area contributed by atoms with Gasteiger partial charge in [0.25, 0.3) is 0 Å². The number of aryl methyl sites for hydroxylation is 1. The fourth-order valence-corrected chi connectivity index (χ4v) is 2.29. The normalized spacial score (nSPS) is 18.7. The molecule has 0 N–H and O–H groups in total. The fourth-order valence-electron chi connectivity index (χ4n) is 2.29. The molecule has 1 atom stereocenters. The first-order chi connectivity index (χ1) is 9.15. The number of hydrogen-bond donors (Lipinski definition) is 0. The van der Waals surface area contributed by atoms with E-state index in [4.69, 9.17) is 4.74 Å². The Kier molecular flexibility index (Phi) is 4.20. The maximum Gasteiger partial charge on any atom is 0.311 e. The Morgan fingerprint density at radius 2 is 2.00 bits per heavy atom. The van der Waals surface area contributed by atoms with E-state index in [2.05, 4.69) is 6.92 Å². The molecule has 0 saturated carbocycles. The molecule has 1 aliphatic heterocycles. The lowest BCUT2D eigenvalue weighted by molar-refractivity contribution is -0.147. The third-order valence-corrected chi connectivity index (χ3v) is 3.40. The number of carbonyl (C=O) groups is 2. The highest BCUT2D eigenvalue weighted by atomic mass is 16.5. The molecule has 0 bridgehead atoms. The molecular weight excluding hydrogens is 242 g/mol. The molecule has 102 valence electrons. The molecule has 1 heterocycles. The highest BCUT2D eigenvalue weighted by Crippen LogP contribution is 2.26. The summed E-state index contributed by atoms with van der Waals surface area (Å²) >= 11 is 0. The van der Waals surface area contributed by atoms with Gasteiger partial charge in [-0.25, -0.2) is 0 Å². The number of amides is 1. The number of esters is 1. The first-order valence-electron chi connectivity index (χ1n) is 6.71. The van der Waals surface area contributed by atoms with Crippen molar-refractivity contribution in [2.75, 3.05) is 18.1 Å². The summed E-state index contributed by atoms with van der Waals surface area (Å²) in [5.74, 6) is -0.621. The van der Waals surface area contributed by atoms with Crippen molar-refractivity contribution in [3.8, 4) is 0 Å². The molecule has 1 aromatic rings. The molecule has 0 aromatic heterocycles. The molecule has 0 aliphatic carbocycles. The number of nitrogens with zero attached hydrogens (tertiary/aromatic N) is 1. The maximum absolute atomic E-state index is 12.0. The van der Waals surface area contributed by atoms with Crippen LogP contribution in [0.4, 0.5) is 5.69 Å². The van der Waals surface area contributed by atoms with Crippen LogP contribution in [0.15, 0.2) is 24.3 Å². The van der Waals surface area contributed by atoms with Crippen molar-refractivity contribution in [3.63, 3.8) is 0 Å². The van der Waals surface area contributed by atoms with Gasteiger partial charge in [0, 0.05) is 18.7 Å². The Bertz CT molecular complexity index is 467.